The van der Waals surface area contributed by atoms with Gasteiger partial charge >= 0.3 is 0 Å². The Bertz CT molecular complexity index is 1040. The van der Waals surface area contributed by atoms with Gasteiger partial charge in [-0.15, -0.1) is 0 Å². The number of fused-ring (bicyclic) bond motifs is 2. The number of amides is 1. The molecule has 2 aromatic carbocycles. The van der Waals surface area contributed by atoms with Crippen molar-refractivity contribution in [3.05, 3.63) is 52.1 Å². The van der Waals surface area contributed by atoms with Gasteiger partial charge < -0.3 is 9.85 Å². The Morgan fingerprint density at radius 1 is 1.11 bits per heavy atom. The molecule has 1 amide bonds. The molecular weight excluding hydrogens is 366 g/mol. The van der Waals surface area contributed by atoms with Crippen LogP contribution < -0.4 is 16.1 Å². The summed E-state index contributed by atoms with van der Waals surface area (Å²) in [6.07, 6.45) is 3.29. The lowest BCUT2D eigenvalue weighted by Gasteiger charge is -2.24. The van der Waals surface area contributed by atoms with Crippen LogP contribution in [0, 0.1) is 6.92 Å². The molecule has 0 aromatic heterocycles. The minimum atomic E-state index is -2.07. The van der Waals surface area contributed by atoms with Crippen molar-refractivity contribution in [2.75, 3.05) is 0 Å². The van der Waals surface area contributed by atoms with Crippen LogP contribution in [0.25, 0.3) is 17.2 Å². The van der Waals surface area contributed by atoms with Crippen LogP contribution in [0.5, 0.6) is 0 Å². The van der Waals surface area contributed by atoms with Gasteiger partial charge in [-0.2, -0.15) is 0 Å². The van der Waals surface area contributed by atoms with E-state index in [0.717, 1.165) is 12.0 Å². The van der Waals surface area contributed by atoms with Crippen molar-refractivity contribution >= 4 is 39.0 Å². The third-order valence-corrected chi connectivity index (χ3v) is 13.7. The van der Waals surface area contributed by atoms with Gasteiger partial charge in [0.2, 0.25) is 22.5 Å². The van der Waals surface area contributed by atoms with E-state index in [9.17, 15) is 4.79 Å². The lowest BCUT2D eigenvalue weighted by molar-refractivity contribution is 0.1000. The topological polar surface area (TPSA) is 52.3 Å². The van der Waals surface area contributed by atoms with Crippen molar-refractivity contribution in [2.45, 2.75) is 46.5 Å². The summed E-state index contributed by atoms with van der Waals surface area (Å²) in [6, 6.07) is 8.57. The minimum Gasteiger partial charge on any atom is -0.449 e. The van der Waals surface area contributed by atoms with Crippen LogP contribution in [0.2, 0.25) is 26.2 Å². The Morgan fingerprint density at radius 2 is 1.81 bits per heavy atom. The minimum absolute atomic E-state index is 0.355. The summed E-state index contributed by atoms with van der Waals surface area (Å²) in [4.78, 5) is 12.3. The van der Waals surface area contributed by atoms with E-state index in [1.165, 1.54) is 38.2 Å². The fraction of sp³-hybridized carbons (Fsp3) is 0.318. The van der Waals surface area contributed by atoms with E-state index in [2.05, 4.69) is 57.4 Å². The molecule has 2 aromatic rings. The summed E-state index contributed by atoms with van der Waals surface area (Å²) in [5.41, 5.74) is 13.8. The predicted octanol–water partition coefficient (Wildman–Crippen LogP) is 3.57. The molecule has 1 aliphatic carbocycles. The van der Waals surface area contributed by atoms with Crippen molar-refractivity contribution in [1.29, 1.82) is 0 Å². The summed E-state index contributed by atoms with van der Waals surface area (Å²) in [5.74, 6) is -0.355. The second kappa shape index (κ2) is 5.77. The van der Waals surface area contributed by atoms with Gasteiger partial charge in [0.05, 0.1) is 0 Å². The molecule has 1 heterocycles. The average Bonchev–Trinajstić information content (AvgIpc) is 3.00. The number of carbonyl (C=O) groups is 1. The summed E-state index contributed by atoms with van der Waals surface area (Å²) < 4.78 is 6.71. The molecule has 0 saturated heterocycles. The summed E-state index contributed by atoms with van der Waals surface area (Å²) in [5, 5.41) is 2.62. The zero-order valence-electron chi connectivity index (χ0n) is 17.0. The van der Waals surface area contributed by atoms with Gasteiger partial charge in [-0.1, -0.05) is 29.8 Å². The quantitative estimate of drug-likeness (QED) is 0.793. The first-order valence-electron chi connectivity index (χ1n) is 9.51. The summed E-state index contributed by atoms with van der Waals surface area (Å²) in [6.45, 7) is 13.3. The number of nitrogens with two attached hydrogens (primary N) is 1. The van der Waals surface area contributed by atoms with Crippen molar-refractivity contribution < 1.29 is 8.91 Å². The van der Waals surface area contributed by atoms with Crippen LogP contribution in [-0.2, 0) is 10.5 Å². The number of carbonyl (C=O) groups excluding carboxylic acids is 1. The van der Waals surface area contributed by atoms with Crippen LogP contribution in [0.4, 0.5) is 0 Å². The third kappa shape index (κ3) is 2.68. The van der Waals surface area contributed by atoms with Gasteiger partial charge in [-0.05, 0) is 90.7 Å². The van der Waals surface area contributed by atoms with Crippen LogP contribution in [0.3, 0.4) is 0 Å². The van der Waals surface area contributed by atoms with Crippen LogP contribution in [0.15, 0.2) is 29.8 Å². The Morgan fingerprint density at radius 3 is 2.48 bits per heavy atom. The standard InChI is InChI=1S/C22H27NO2Si2/c1-13-10-15-8-7-9-16(18(15)11-13)20-14(2)17(22(23)24)12-19-21(20)27(5,6)25-26(19,3)4/h7-9,11-12H,10H2,1-6H3,(H2,23,24). The van der Waals surface area contributed by atoms with Gasteiger partial charge in [0.15, 0.2) is 0 Å². The molecule has 0 saturated carbocycles. The molecule has 0 fully saturated rings. The number of hydrogen-bond donors (Lipinski definition) is 1. The monoisotopic (exact) mass is 393 g/mol. The molecule has 27 heavy (non-hydrogen) atoms. The lowest BCUT2D eigenvalue weighted by atomic mass is 9.91. The first-order chi connectivity index (χ1) is 12.5. The zero-order valence-corrected chi connectivity index (χ0v) is 19.0. The fourth-order valence-corrected chi connectivity index (χ4v) is 15.6. The van der Waals surface area contributed by atoms with Crippen molar-refractivity contribution in [2.24, 2.45) is 5.73 Å². The van der Waals surface area contributed by atoms with E-state index in [-0.39, 0.29) is 5.91 Å². The van der Waals surface area contributed by atoms with Gasteiger partial charge in [-0.3, -0.25) is 4.79 Å². The lowest BCUT2D eigenvalue weighted by Crippen LogP contribution is -2.46. The Labute approximate surface area is 163 Å². The predicted molar refractivity (Wildman–Crippen MR) is 118 cm³/mol. The Hall–Kier alpha value is -1.96. The van der Waals surface area contributed by atoms with Crippen molar-refractivity contribution in [1.82, 2.24) is 0 Å². The van der Waals surface area contributed by atoms with E-state index in [1.54, 1.807) is 0 Å². The van der Waals surface area contributed by atoms with Gasteiger partial charge in [0, 0.05) is 5.56 Å². The first kappa shape index (κ1) is 18.4. The number of primary amides is 1. The molecular formula is C22H27NO2Si2. The molecule has 4 rings (SSSR count). The van der Waals surface area contributed by atoms with E-state index >= 15 is 0 Å². The second-order valence-electron chi connectivity index (χ2n) is 8.88. The highest BCUT2D eigenvalue weighted by Gasteiger charge is 2.49. The first-order valence-corrected chi connectivity index (χ1v) is 15.3. The van der Waals surface area contributed by atoms with Crippen LogP contribution in [0.1, 0.15) is 34.0 Å². The highest BCUT2D eigenvalue weighted by Crippen LogP contribution is 2.38. The normalized spacial score (nSPS) is 18.8. The van der Waals surface area contributed by atoms with E-state index < -0.39 is 16.6 Å². The molecule has 0 spiro atoms. The highest BCUT2D eigenvalue weighted by atomic mass is 28.4. The smallest absolute Gasteiger partial charge is 0.248 e. The average molecular weight is 394 g/mol. The third-order valence-electron chi connectivity index (χ3n) is 5.94. The molecule has 0 bridgehead atoms. The Kier molecular flexibility index (Phi) is 3.93. The summed E-state index contributed by atoms with van der Waals surface area (Å²) >= 11 is 0. The molecule has 140 valence electrons. The number of rotatable bonds is 2. The molecule has 3 nitrogen and oxygen atoms in total. The summed E-state index contributed by atoms with van der Waals surface area (Å²) in [7, 11) is -4.13. The number of hydrogen-bond acceptors (Lipinski definition) is 2. The second-order valence-corrected chi connectivity index (χ2v) is 16.8. The van der Waals surface area contributed by atoms with Gasteiger partial charge in [-0.25, -0.2) is 0 Å². The van der Waals surface area contributed by atoms with Gasteiger partial charge in [0.1, 0.15) is 0 Å². The molecule has 0 unspecified atom stereocenters. The van der Waals surface area contributed by atoms with Crippen molar-refractivity contribution in [3.63, 3.8) is 0 Å². The Balaban J connectivity index is 2.15. The van der Waals surface area contributed by atoms with E-state index in [4.69, 9.17) is 9.85 Å². The molecule has 0 atom stereocenters. The maximum Gasteiger partial charge on any atom is 0.248 e. The number of allylic oxidation sites excluding steroid dienone is 1. The molecule has 2 N–H and O–H groups in total. The van der Waals surface area contributed by atoms with Crippen molar-refractivity contribution in [3.8, 4) is 11.1 Å². The van der Waals surface area contributed by atoms with E-state index in [1.807, 2.05) is 13.0 Å². The van der Waals surface area contributed by atoms with Crippen LogP contribution in [-0.4, -0.2) is 22.5 Å². The molecule has 1 aliphatic heterocycles. The maximum absolute atomic E-state index is 12.3. The maximum atomic E-state index is 12.3. The molecule has 0 radical (unpaired) electrons. The fourth-order valence-electron chi connectivity index (χ4n) is 4.97. The molecule has 5 heteroatoms. The van der Waals surface area contributed by atoms with Gasteiger partial charge in [0.25, 0.3) is 0 Å². The van der Waals surface area contributed by atoms with Crippen LogP contribution >= 0.6 is 0 Å². The number of benzene rings is 2. The molecule has 2 aliphatic rings. The largest absolute Gasteiger partial charge is 0.449 e. The zero-order chi connectivity index (χ0) is 19.7. The van der Waals surface area contributed by atoms with E-state index in [0.29, 0.717) is 5.56 Å². The SMILES string of the molecule is CC1=Cc2c(cccc2-c2c(C)c(C(N)=O)cc3c2[Si](C)(C)O[Si]3(C)C)C1. The highest BCUT2D eigenvalue weighted by molar-refractivity contribution is 7.06.